The van der Waals surface area contributed by atoms with Gasteiger partial charge in [0.25, 0.3) is 0 Å². The molecule has 4 rings (SSSR count). The maximum atomic E-state index is 13.2. The Bertz CT molecular complexity index is 1510. The number of urea groups is 1. The summed E-state index contributed by atoms with van der Waals surface area (Å²) in [4.78, 5) is 48.2. The minimum absolute atomic E-state index is 0.0529. The molecule has 3 aromatic carbocycles. The summed E-state index contributed by atoms with van der Waals surface area (Å²) in [5.74, 6) is -4.47. The standard InChI is InChI=1S/C19H20N2O4.C14H16F3NO/c1-20(12-5-13-22)19(25)21(2)17-9-4-7-15-14(10-11-18(23)24)6-3-8-16(15)17;15-11-3-1-10(2-4-11)9-13(12(18)19)5-7-14(16,17)8-6-13/h3-9,12-13H,10-11H2,1-2H3,(H,23,24);1-4H,5-9H2,(H2,18,19)/b12-5-;. The Hall–Kier alpha value is -4.67. The van der Waals surface area contributed by atoms with E-state index in [0.717, 1.165) is 21.9 Å². The zero-order valence-corrected chi connectivity index (χ0v) is 24.6. The Kier molecular flexibility index (Phi) is 11.3. The fourth-order valence-electron chi connectivity index (χ4n) is 5.28. The molecule has 0 bridgehead atoms. The molecular weight excluding hydrogens is 575 g/mol. The Morgan fingerprint density at radius 2 is 1.55 bits per heavy atom. The summed E-state index contributed by atoms with van der Waals surface area (Å²) in [6.45, 7) is 0. The number of anilines is 1. The lowest BCUT2D eigenvalue weighted by Crippen LogP contribution is -2.44. The fourth-order valence-corrected chi connectivity index (χ4v) is 5.28. The molecule has 3 N–H and O–H groups in total. The number of aryl methyl sites for hydroxylation is 1. The normalized spacial score (nSPS) is 15.2. The number of alkyl halides is 2. The highest BCUT2D eigenvalue weighted by molar-refractivity contribution is 6.04. The molecule has 234 valence electrons. The number of hydrogen-bond acceptors (Lipinski definition) is 4. The summed E-state index contributed by atoms with van der Waals surface area (Å²) < 4.78 is 39.2. The van der Waals surface area contributed by atoms with E-state index in [0.29, 0.717) is 24.8 Å². The number of rotatable bonds is 9. The van der Waals surface area contributed by atoms with Gasteiger partial charge in [0.1, 0.15) is 12.1 Å². The van der Waals surface area contributed by atoms with Gasteiger partial charge in [0.2, 0.25) is 11.8 Å². The van der Waals surface area contributed by atoms with Crippen LogP contribution in [-0.4, -0.2) is 54.2 Å². The van der Waals surface area contributed by atoms with Gasteiger partial charge in [-0.15, -0.1) is 0 Å². The summed E-state index contributed by atoms with van der Waals surface area (Å²) in [6.07, 6.45) is 3.53. The van der Waals surface area contributed by atoms with Gasteiger partial charge in [-0.1, -0.05) is 42.5 Å². The molecule has 1 aliphatic carbocycles. The molecule has 1 saturated carbocycles. The van der Waals surface area contributed by atoms with E-state index in [1.165, 1.54) is 34.2 Å². The molecule has 0 spiro atoms. The van der Waals surface area contributed by atoms with Crippen molar-refractivity contribution in [3.8, 4) is 0 Å². The second kappa shape index (κ2) is 14.7. The predicted octanol–water partition coefficient (Wildman–Crippen LogP) is 6.11. The van der Waals surface area contributed by atoms with Crippen LogP contribution in [0.5, 0.6) is 0 Å². The van der Waals surface area contributed by atoms with Crippen LogP contribution in [0.25, 0.3) is 10.8 Å². The van der Waals surface area contributed by atoms with Gasteiger partial charge in [0.15, 0.2) is 0 Å². The average molecular weight is 612 g/mol. The largest absolute Gasteiger partial charge is 0.481 e. The van der Waals surface area contributed by atoms with Crippen LogP contribution in [-0.2, 0) is 27.2 Å². The first kappa shape index (κ1) is 33.8. The highest BCUT2D eigenvalue weighted by Crippen LogP contribution is 2.45. The SMILES string of the molecule is CN(/C=C\C=O)C(=O)N(C)c1cccc2c(CCC(=O)O)cccc12.NC(=O)C1(Cc2ccc(F)cc2)CCC(F)(F)CC1. The molecule has 3 amide bonds. The van der Waals surface area contributed by atoms with E-state index >= 15 is 0 Å². The second-order valence-corrected chi connectivity index (χ2v) is 10.9. The fraction of sp³-hybridized carbons (Fsp3) is 0.333. The third-order valence-corrected chi connectivity index (χ3v) is 7.85. The van der Waals surface area contributed by atoms with Crippen molar-refractivity contribution in [1.29, 1.82) is 0 Å². The molecule has 44 heavy (non-hydrogen) atoms. The number of allylic oxidation sites excluding steroid dienone is 1. The topological polar surface area (TPSA) is 121 Å². The molecule has 8 nitrogen and oxygen atoms in total. The second-order valence-electron chi connectivity index (χ2n) is 10.9. The first-order chi connectivity index (χ1) is 20.8. The van der Waals surface area contributed by atoms with Crippen LogP contribution in [0.4, 0.5) is 23.7 Å². The van der Waals surface area contributed by atoms with Crippen LogP contribution >= 0.6 is 0 Å². The summed E-state index contributed by atoms with van der Waals surface area (Å²) in [5.41, 5.74) is 6.86. The third-order valence-electron chi connectivity index (χ3n) is 7.85. The zero-order chi connectivity index (χ0) is 32.5. The highest BCUT2D eigenvalue weighted by atomic mass is 19.3. The lowest BCUT2D eigenvalue weighted by atomic mass is 9.69. The van der Waals surface area contributed by atoms with E-state index < -0.39 is 23.2 Å². The summed E-state index contributed by atoms with van der Waals surface area (Å²) in [6, 6.07) is 16.7. The summed E-state index contributed by atoms with van der Waals surface area (Å²) >= 11 is 0. The van der Waals surface area contributed by atoms with Gasteiger partial charge >= 0.3 is 12.0 Å². The number of fused-ring (bicyclic) bond motifs is 1. The number of aldehydes is 1. The number of nitrogens with two attached hydrogens (primary N) is 1. The smallest absolute Gasteiger partial charge is 0.327 e. The van der Waals surface area contributed by atoms with Crippen LogP contribution in [0.15, 0.2) is 72.9 Å². The number of aliphatic carboxylic acids is 1. The lowest BCUT2D eigenvalue weighted by molar-refractivity contribution is -0.137. The molecule has 3 aromatic rings. The van der Waals surface area contributed by atoms with Gasteiger partial charge in [0, 0.05) is 44.9 Å². The minimum Gasteiger partial charge on any atom is -0.481 e. The Morgan fingerprint density at radius 1 is 0.932 bits per heavy atom. The number of carbonyl (C=O) groups is 4. The molecule has 0 atom stereocenters. The van der Waals surface area contributed by atoms with Crippen LogP contribution in [0.2, 0.25) is 0 Å². The van der Waals surface area contributed by atoms with Gasteiger partial charge < -0.3 is 15.7 Å². The molecule has 1 aliphatic rings. The van der Waals surface area contributed by atoms with Gasteiger partial charge in [-0.3, -0.25) is 19.3 Å². The van der Waals surface area contributed by atoms with Crippen molar-refractivity contribution < 1.29 is 37.5 Å². The van der Waals surface area contributed by atoms with E-state index in [1.807, 2.05) is 36.4 Å². The van der Waals surface area contributed by atoms with Gasteiger partial charge in [-0.25, -0.2) is 18.0 Å². The van der Waals surface area contributed by atoms with Crippen molar-refractivity contribution in [2.75, 3.05) is 19.0 Å². The molecule has 11 heteroatoms. The monoisotopic (exact) mass is 611 g/mol. The molecule has 1 fully saturated rings. The summed E-state index contributed by atoms with van der Waals surface area (Å²) in [5, 5.41) is 10.7. The van der Waals surface area contributed by atoms with E-state index in [-0.39, 0.29) is 44.0 Å². The maximum Gasteiger partial charge on any atom is 0.327 e. The molecule has 0 aliphatic heterocycles. The van der Waals surface area contributed by atoms with Crippen molar-refractivity contribution in [2.24, 2.45) is 11.1 Å². The van der Waals surface area contributed by atoms with Crippen LogP contribution in [0.3, 0.4) is 0 Å². The van der Waals surface area contributed by atoms with Crippen molar-refractivity contribution in [1.82, 2.24) is 4.90 Å². The lowest BCUT2D eigenvalue weighted by Gasteiger charge is -2.37. The quantitative estimate of drug-likeness (QED) is 0.224. The average Bonchev–Trinajstić information content (AvgIpc) is 3.00. The number of benzene rings is 3. The predicted molar refractivity (Wildman–Crippen MR) is 162 cm³/mol. The van der Waals surface area contributed by atoms with Gasteiger partial charge in [0.05, 0.1) is 11.1 Å². The first-order valence-electron chi connectivity index (χ1n) is 14.1. The number of amides is 3. The van der Waals surface area contributed by atoms with Crippen LogP contribution in [0.1, 0.15) is 43.2 Å². The molecule has 0 heterocycles. The number of hydrogen-bond donors (Lipinski definition) is 2. The van der Waals surface area contributed by atoms with E-state index in [2.05, 4.69) is 0 Å². The molecule has 0 aromatic heterocycles. The van der Waals surface area contributed by atoms with Crippen LogP contribution < -0.4 is 10.6 Å². The zero-order valence-electron chi connectivity index (χ0n) is 24.6. The van der Waals surface area contributed by atoms with Crippen molar-refractivity contribution >= 4 is 40.7 Å². The van der Waals surface area contributed by atoms with Crippen LogP contribution in [0, 0.1) is 11.2 Å². The Morgan fingerprint density at radius 3 is 2.14 bits per heavy atom. The van der Waals surface area contributed by atoms with Crippen molar-refractivity contribution in [2.45, 2.75) is 50.9 Å². The van der Waals surface area contributed by atoms with Gasteiger partial charge in [-0.2, -0.15) is 0 Å². The number of carboxylic acids is 1. The van der Waals surface area contributed by atoms with Crippen molar-refractivity contribution in [3.63, 3.8) is 0 Å². The number of halogens is 3. The Labute approximate surface area is 253 Å². The maximum absolute atomic E-state index is 13.2. The summed E-state index contributed by atoms with van der Waals surface area (Å²) in [7, 11) is 3.23. The van der Waals surface area contributed by atoms with E-state index in [4.69, 9.17) is 10.8 Å². The minimum atomic E-state index is -2.71. The molecule has 0 unspecified atom stereocenters. The number of carboxylic acid groups (broad SMARTS) is 1. The highest BCUT2D eigenvalue weighted by Gasteiger charge is 2.46. The third kappa shape index (κ3) is 8.68. The number of nitrogens with zero attached hydrogens (tertiary/aromatic N) is 2. The molecular formula is C33H36F3N3O5. The number of carbonyl (C=O) groups excluding carboxylic acids is 3. The Balaban J connectivity index is 0.000000249. The number of primary amides is 1. The molecule has 0 radical (unpaired) electrons. The first-order valence-corrected chi connectivity index (χ1v) is 14.1. The molecule has 0 saturated heterocycles. The van der Waals surface area contributed by atoms with Gasteiger partial charge in [-0.05, 0) is 66.5 Å². The van der Waals surface area contributed by atoms with E-state index in [1.54, 1.807) is 26.2 Å². The van der Waals surface area contributed by atoms with Crippen molar-refractivity contribution in [3.05, 3.63) is 89.9 Å². The van der Waals surface area contributed by atoms with E-state index in [9.17, 15) is 32.3 Å².